The second kappa shape index (κ2) is 7.68. The van der Waals surface area contributed by atoms with Gasteiger partial charge in [-0.1, -0.05) is 48.5 Å². The van der Waals surface area contributed by atoms with E-state index in [1.165, 1.54) is 0 Å². The summed E-state index contributed by atoms with van der Waals surface area (Å²) in [5, 5.41) is 4.11. The molecule has 2 aromatic carbocycles. The third kappa shape index (κ3) is 3.67. The van der Waals surface area contributed by atoms with Crippen LogP contribution in [0, 0.1) is 0 Å². The summed E-state index contributed by atoms with van der Waals surface area (Å²) in [6.07, 6.45) is 3.63. The third-order valence-corrected chi connectivity index (χ3v) is 4.85. The van der Waals surface area contributed by atoms with Crippen LogP contribution in [-0.4, -0.2) is 10.8 Å². The number of rotatable bonds is 4. The molecule has 2 aromatic heterocycles. The molecule has 2 heterocycles. The molecular weight excluding hydrogens is 396 g/mol. The van der Waals surface area contributed by atoms with Crippen molar-refractivity contribution >= 4 is 27.9 Å². The number of carbonyl (C=O) groups is 1. The smallest absolute Gasteiger partial charge is 0.287 e. The number of carbonyl (C=O) groups excluding carboxylic acids is 1. The Morgan fingerprint density at radius 2 is 1.84 bits per heavy atom. The number of aromatic nitrogens is 2. The number of ketones is 1. The molecule has 0 saturated carbocycles. The van der Waals surface area contributed by atoms with Crippen molar-refractivity contribution in [2.75, 3.05) is 0 Å². The van der Waals surface area contributed by atoms with Gasteiger partial charge in [0.15, 0.2) is 12.2 Å². The maximum Gasteiger partial charge on any atom is 0.287 e. The van der Waals surface area contributed by atoms with E-state index in [0.717, 1.165) is 26.9 Å². The fourth-order valence-corrected chi connectivity index (χ4v) is 3.47. The Morgan fingerprint density at radius 1 is 1.00 bits per heavy atom. The SMILES string of the molecule is O=C(C[n+]1ccc(-c2cccs2)nc1)c1cccc2ccccc12.[Br-]. The second-order valence-electron chi connectivity index (χ2n) is 5.55. The van der Waals surface area contributed by atoms with E-state index in [9.17, 15) is 4.79 Å². The van der Waals surface area contributed by atoms with Crippen molar-refractivity contribution in [1.29, 1.82) is 0 Å². The van der Waals surface area contributed by atoms with Crippen LogP contribution in [0.1, 0.15) is 10.4 Å². The average molecular weight is 411 g/mol. The lowest BCUT2D eigenvalue weighted by Gasteiger charge is -2.05. The van der Waals surface area contributed by atoms with Gasteiger partial charge in [-0.05, 0) is 27.2 Å². The van der Waals surface area contributed by atoms with Gasteiger partial charge in [-0.2, -0.15) is 0 Å². The molecule has 0 saturated heterocycles. The molecule has 0 unspecified atom stereocenters. The first-order chi connectivity index (χ1) is 11.8. The van der Waals surface area contributed by atoms with Crippen molar-refractivity contribution in [3.8, 4) is 10.6 Å². The molecule has 5 heteroatoms. The minimum Gasteiger partial charge on any atom is -1.00 e. The van der Waals surface area contributed by atoms with Crippen LogP contribution in [0.15, 0.2) is 78.6 Å². The van der Waals surface area contributed by atoms with Gasteiger partial charge in [0.05, 0.1) is 11.1 Å². The fourth-order valence-electron chi connectivity index (χ4n) is 2.77. The molecule has 0 aliphatic rings. The quantitative estimate of drug-likeness (QED) is 0.373. The first-order valence-corrected chi connectivity index (χ1v) is 8.59. The molecule has 0 N–H and O–H groups in total. The number of hydrogen-bond acceptors (Lipinski definition) is 3. The van der Waals surface area contributed by atoms with Gasteiger partial charge in [-0.15, -0.1) is 11.3 Å². The molecule has 0 amide bonds. The van der Waals surface area contributed by atoms with Gasteiger partial charge in [-0.3, -0.25) is 4.79 Å². The van der Waals surface area contributed by atoms with Gasteiger partial charge in [0.25, 0.3) is 6.33 Å². The molecule has 0 spiro atoms. The normalized spacial score (nSPS) is 10.4. The van der Waals surface area contributed by atoms with Crippen molar-refractivity contribution in [3.63, 3.8) is 0 Å². The predicted octanol–water partition coefficient (Wildman–Crippen LogP) is 1.14. The number of hydrogen-bond donors (Lipinski definition) is 0. The van der Waals surface area contributed by atoms with Crippen LogP contribution in [0.4, 0.5) is 0 Å². The summed E-state index contributed by atoms with van der Waals surface area (Å²) in [5.41, 5.74) is 1.68. The number of fused-ring (bicyclic) bond motifs is 1. The van der Waals surface area contributed by atoms with Crippen LogP contribution in [-0.2, 0) is 6.54 Å². The van der Waals surface area contributed by atoms with Crippen LogP contribution in [0.5, 0.6) is 0 Å². The Morgan fingerprint density at radius 3 is 2.60 bits per heavy atom. The molecule has 25 heavy (non-hydrogen) atoms. The van der Waals surface area contributed by atoms with Gasteiger partial charge in [0.1, 0.15) is 0 Å². The number of halogens is 1. The molecule has 4 rings (SSSR count). The second-order valence-corrected chi connectivity index (χ2v) is 6.49. The lowest BCUT2D eigenvalue weighted by Crippen LogP contribution is -3.00. The Kier molecular flexibility index (Phi) is 5.36. The van der Waals surface area contributed by atoms with Gasteiger partial charge >= 0.3 is 0 Å². The zero-order valence-electron chi connectivity index (χ0n) is 13.3. The maximum atomic E-state index is 12.7. The van der Waals surface area contributed by atoms with Gasteiger partial charge in [0, 0.05) is 11.6 Å². The molecular formula is C20H15BrN2OS. The maximum absolute atomic E-state index is 12.7. The lowest BCUT2D eigenvalue weighted by molar-refractivity contribution is -0.686. The highest BCUT2D eigenvalue weighted by Crippen LogP contribution is 2.21. The standard InChI is InChI=1S/C20H15N2OS.BrH/c23-19(17-8-3-6-15-5-1-2-7-16(15)17)13-22-11-10-18(21-14-22)20-9-4-12-24-20;/h1-12,14H,13H2;1H/q+1;/p-1. The Labute approximate surface area is 160 Å². The van der Waals surface area contributed by atoms with Crippen molar-refractivity contribution in [2.24, 2.45) is 0 Å². The summed E-state index contributed by atoms with van der Waals surface area (Å²) < 4.78 is 1.82. The van der Waals surface area contributed by atoms with Crippen molar-refractivity contribution in [2.45, 2.75) is 6.54 Å². The summed E-state index contributed by atoms with van der Waals surface area (Å²) >= 11 is 1.66. The zero-order valence-corrected chi connectivity index (χ0v) is 15.7. The fraction of sp³-hybridized carbons (Fsp3) is 0.0500. The minimum atomic E-state index is 0. The first-order valence-electron chi connectivity index (χ1n) is 7.71. The Hall–Kier alpha value is -2.37. The van der Waals surface area contributed by atoms with E-state index < -0.39 is 0 Å². The highest BCUT2D eigenvalue weighted by Gasteiger charge is 2.14. The highest BCUT2D eigenvalue weighted by molar-refractivity contribution is 7.13. The molecule has 0 atom stereocenters. The summed E-state index contributed by atoms with van der Waals surface area (Å²) in [5.74, 6) is 0.0856. The van der Waals surface area contributed by atoms with Crippen LogP contribution in [0.25, 0.3) is 21.3 Å². The third-order valence-electron chi connectivity index (χ3n) is 3.96. The van der Waals surface area contributed by atoms with E-state index in [0.29, 0.717) is 0 Å². The van der Waals surface area contributed by atoms with E-state index in [1.807, 2.05) is 76.8 Å². The Balaban J connectivity index is 0.00000182. The molecule has 0 fully saturated rings. The van der Waals surface area contributed by atoms with E-state index in [1.54, 1.807) is 17.7 Å². The molecule has 4 aromatic rings. The van der Waals surface area contributed by atoms with E-state index in [2.05, 4.69) is 4.98 Å². The van der Waals surface area contributed by atoms with Crippen molar-refractivity contribution in [1.82, 2.24) is 4.98 Å². The van der Waals surface area contributed by atoms with Crippen LogP contribution >= 0.6 is 11.3 Å². The summed E-state index contributed by atoms with van der Waals surface area (Å²) in [4.78, 5) is 18.3. The summed E-state index contributed by atoms with van der Waals surface area (Å²) in [6.45, 7) is 0.283. The molecule has 0 aliphatic carbocycles. The molecule has 0 radical (unpaired) electrons. The Bertz CT molecular complexity index is 993. The molecule has 124 valence electrons. The zero-order chi connectivity index (χ0) is 16.4. The number of nitrogens with zero attached hydrogens (tertiary/aromatic N) is 2. The van der Waals surface area contributed by atoms with E-state index in [-0.39, 0.29) is 29.3 Å². The molecule has 0 aliphatic heterocycles. The summed E-state index contributed by atoms with van der Waals surface area (Å²) in [6, 6.07) is 19.8. The number of Topliss-reactive ketones (excluding diaryl/α,β-unsaturated/α-hetero) is 1. The van der Waals surface area contributed by atoms with Crippen LogP contribution in [0.3, 0.4) is 0 Å². The topological polar surface area (TPSA) is 33.8 Å². The lowest BCUT2D eigenvalue weighted by atomic mass is 10.0. The molecule has 0 bridgehead atoms. The average Bonchev–Trinajstić information content (AvgIpc) is 3.16. The largest absolute Gasteiger partial charge is 1.00 e. The van der Waals surface area contributed by atoms with Gasteiger partial charge < -0.3 is 17.0 Å². The van der Waals surface area contributed by atoms with Gasteiger partial charge in [0.2, 0.25) is 5.78 Å². The van der Waals surface area contributed by atoms with E-state index in [4.69, 9.17) is 0 Å². The summed E-state index contributed by atoms with van der Waals surface area (Å²) in [7, 11) is 0. The first kappa shape index (κ1) is 17.5. The monoisotopic (exact) mass is 410 g/mol. The minimum absolute atomic E-state index is 0. The number of benzene rings is 2. The molecule has 3 nitrogen and oxygen atoms in total. The van der Waals surface area contributed by atoms with Gasteiger partial charge in [-0.25, -0.2) is 4.57 Å². The van der Waals surface area contributed by atoms with Crippen LogP contribution in [0.2, 0.25) is 0 Å². The van der Waals surface area contributed by atoms with Crippen molar-refractivity contribution in [3.05, 3.63) is 84.1 Å². The van der Waals surface area contributed by atoms with Crippen LogP contribution < -0.4 is 21.5 Å². The highest BCUT2D eigenvalue weighted by atomic mass is 79.9. The number of thiophene rings is 1. The van der Waals surface area contributed by atoms with E-state index >= 15 is 0 Å². The van der Waals surface area contributed by atoms with Crippen molar-refractivity contribution < 1.29 is 26.3 Å². The predicted molar refractivity (Wildman–Crippen MR) is 96.0 cm³/mol.